The monoisotopic (exact) mass is 279 g/mol. The van der Waals surface area contributed by atoms with Crippen molar-refractivity contribution in [3.05, 3.63) is 6.07 Å². The Morgan fingerprint density at radius 1 is 1.20 bits per heavy atom. The van der Waals surface area contributed by atoms with Crippen molar-refractivity contribution in [1.29, 1.82) is 0 Å². The molecule has 5 heteroatoms. The lowest BCUT2D eigenvalue weighted by molar-refractivity contribution is 0.503. The first-order valence-corrected chi connectivity index (χ1v) is 7.66. The van der Waals surface area contributed by atoms with Crippen LogP contribution in [0.2, 0.25) is 0 Å². The molecule has 0 aliphatic carbocycles. The van der Waals surface area contributed by atoms with Crippen molar-refractivity contribution in [3.8, 4) is 0 Å². The summed E-state index contributed by atoms with van der Waals surface area (Å²) in [6, 6.07) is 2.49. The molecule has 3 N–H and O–H groups in total. The minimum absolute atomic E-state index is 0.332. The van der Waals surface area contributed by atoms with Crippen molar-refractivity contribution < 1.29 is 0 Å². The quantitative estimate of drug-likeness (QED) is 0.765. The predicted octanol–water partition coefficient (Wildman–Crippen LogP) is 3.14. The molecule has 0 atom stereocenters. The molecule has 0 aromatic carbocycles. The maximum atomic E-state index is 5.85. The average Bonchev–Trinajstić information content (AvgIpc) is 2.38. The highest BCUT2D eigenvalue weighted by atomic mass is 15.2. The van der Waals surface area contributed by atoms with E-state index >= 15 is 0 Å². The van der Waals surface area contributed by atoms with Gasteiger partial charge in [0.1, 0.15) is 11.6 Å². The summed E-state index contributed by atoms with van der Waals surface area (Å²) < 4.78 is 0. The molecule has 20 heavy (non-hydrogen) atoms. The van der Waals surface area contributed by atoms with Gasteiger partial charge in [-0.05, 0) is 25.7 Å². The van der Waals surface area contributed by atoms with Crippen molar-refractivity contribution in [3.63, 3.8) is 0 Å². The Morgan fingerprint density at radius 3 is 2.35 bits per heavy atom. The van der Waals surface area contributed by atoms with E-state index in [0.717, 1.165) is 37.6 Å². The maximum Gasteiger partial charge on any atom is 0.223 e. The van der Waals surface area contributed by atoms with Gasteiger partial charge in [-0.15, -0.1) is 0 Å². The normalized spacial score (nSPS) is 11.2. The van der Waals surface area contributed by atoms with Gasteiger partial charge < -0.3 is 16.0 Å². The molecule has 5 nitrogen and oxygen atoms in total. The van der Waals surface area contributed by atoms with E-state index < -0.39 is 0 Å². The van der Waals surface area contributed by atoms with Crippen LogP contribution in [-0.4, -0.2) is 29.1 Å². The SMILES string of the molecule is CCNc1cc(N(CC(C)C)C(CC)CC)nc(N)n1. The van der Waals surface area contributed by atoms with E-state index in [1.165, 1.54) is 0 Å². The molecule has 0 fully saturated rings. The largest absolute Gasteiger partial charge is 0.370 e. The number of hydrogen-bond donors (Lipinski definition) is 2. The molecule has 114 valence electrons. The lowest BCUT2D eigenvalue weighted by Crippen LogP contribution is -2.38. The molecule has 1 rings (SSSR count). The van der Waals surface area contributed by atoms with Crippen LogP contribution >= 0.6 is 0 Å². The minimum atomic E-state index is 0.332. The summed E-state index contributed by atoms with van der Waals surface area (Å²) in [5.41, 5.74) is 5.85. The number of aromatic nitrogens is 2. The lowest BCUT2D eigenvalue weighted by atomic mass is 10.1. The van der Waals surface area contributed by atoms with Crippen LogP contribution in [0.4, 0.5) is 17.6 Å². The van der Waals surface area contributed by atoms with Crippen LogP contribution in [-0.2, 0) is 0 Å². The van der Waals surface area contributed by atoms with Crippen LogP contribution in [0.3, 0.4) is 0 Å². The first-order valence-electron chi connectivity index (χ1n) is 7.66. The molecule has 0 aliphatic heterocycles. The first-order chi connectivity index (χ1) is 9.51. The number of nitrogens with one attached hydrogen (secondary N) is 1. The van der Waals surface area contributed by atoms with Gasteiger partial charge in [-0.1, -0.05) is 27.7 Å². The second-order valence-electron chi connectivity index (χ2n) is 5.52. The van der Waals surface area contributed by atoms with Gasteiger partial charge in [0.25, 0.3) is 0 Å². The van der Waals surface area contributed by atoms with Crippen LogP contribution in [0.15, 0.2) is 6.07 Å². The molecule has 0 bridgehead atoms. The molecule has 0 saturated carbocycles. The number of hydrogen-bond acceptors (Lipinski definition) is 5. The molecule has 0 radical (unpaired) electrons. The fourth-order valence-electron chi connectivity index (χ4n) is 2.42. The van der Waals surface area contributed by atoms with Crippen LogP contribution in [0.1, 0.15) is 47.5 Å². The molecular formula is C15H29N5. The molecule has 0 saturated heterocycles. The summed E-state index contributed by atoms with van der Waals surface area (Å²) in [6.07, 6.45) is 2.20. The Morgan fingerprint density at radius 2 is 1.85 bits per heavy atom. The Hall–Kier alpha value is -1.52. The molecule has 0 aliphatic rings. The van der Waals surface area contributed by atoms with Crippen LogP contribution < -0.4 is 16.0 Å². The van der Waals surface area contributed by atoms with Crippen molar-refractivity contribution in [2.45, 2.75) is 53.5 Å². The number of nitrogens with zero attached hydrogens (tertiary/aromatic N) is 3. The molecule has 0 spiro atoms. The highest BCUT2D eigenvalue weighted by Crippen LogP contribution is 2.23. The van der Waals surface area contributed by atoms with Crippen molar-refractivity contribution in [2.24, 2.45) is 5.92 Å². The first kappa shape index (κ1) is 16.5. The zero-order chi connectivity index (χ0) is 15.1. The number of anilines is 3. The third-order valence-electron chi connectivity index (χ3n) is 3.33. The topological polar surface area (TPSA) is 67.1 Å². The van der Waals surface area contributed by atoms with Gasteiger partial charge >= 0.3 is 0 Å². The Bertz CT molecular complexity index is 401. The summed E-state index contributed by atoms with van der Waals surface area (Å²) in [6.45, 7) is 12.7. The van der Waals surface area contributed by atoms with Gasteiger partial charge in [-0.2, -0.15) is 9.97 Å². The van der Waals surface area contributed by atoms with E-state index in [-0.39, 0.29) is 0 Å². The average molecular weight is 279 g/mol. The molecule has 1 heterocycles. The van der Waals surface area contributed by atoms with E-state index in [4.69, 9.17) is 5.73 Å². The predicted molar refractivity (Wildman–Crippen MR) is 87.2 cm³/mol. The minimum Gasteiger partial charge on any atom is -0.370 e. The lowest BCUT2D eigenvalue weighted by Gasteiger charge is -2.33. The highest BCUT2D eigenvalue weighted by molar-refractivity contribution is 5.53. The molecular weight excluding hydrogens is 250 g/mol. The Kier molecular flexibility index (Phi) is 6.55. The van der Waals surface area contributed by atoms with E-state index in [1.807, 2.05) is 13.0 Å². The van der Waals surface area contributed by atoms with Gasteiger partial charge in [0.05, 0.1) is 0 Å². The molecule has 0 unspecified atom stereocenters. The summed E-state index contributed by atoms with van der Waals surface area (Å²) in [5.74, 6) is 2.64. The third-order valence-corrected chi connectivity index (χ3v) is 3.33. The van der Waals surface area contributed by atoms with E-state index in [0.29, 0.717) is 17.9 Å². The zero-order valence-corrected chi connectivity index (χ0v) is 13.5. The number of rotatable bonds is 8. The van der Waals surface area contributed by atoms with E-state index in [2.05, 4.69) is 47.9 Å². The van der Waals surface area contributed by atoms with E-state index in [1.54, 1.807) is 0 Å². The third kappa shape index (κ3) is 4.54. The van der Waals surface area contributed by atoms with Crippen molar-refractivity contribution in [2.75, 3.05) is 29.0 Å². The summed E-state index contributed by atoms with van der Waals surface area (Å²) in [4.78, 5) is 11.0. The number of nitrogens with two attached hydrogens (primary N) is 1. The van der Waals surface area contributed by atoms with Crippen LogP contribution in [0, 0.1) is 5.92 Å². The van der Waals surface area contributed by atoms with Crippen LogP contribution in [0.5, 0.6) is 0 Å². The summed E-state index contributed by atoms with van der Waals surface area (Å²) in [5, 5.41) is 3.21. The van der Waals surface area contributed by atoms with Crippen molar-refractivity contribution >= 4 is 17.6 Å². The zero-order valence-electron chi connectivity index (χ0n) is 13.5. The molecule has 1 aromatic rings. The smallest absolute Gasteiger partial charge is 0.223 e. The summed E-state index contributed by atoms with van der Waals surface area (Å²) >= 11 is 0. The fraction of sp³-hybridized carbons (Fsp3) is 0.733. The standard InChI is InChI=1S/C15H29N5/c1-6-12(7-2)20(10-11(4)5)14-9-13(17-8-3)18-15(16)19-14/h9,11-12H,6-8,10H2,1-5H3,(H3,16,17,18,19). The van der Waals surface area contributed by atoms with E-state index in [9.17, 15) is 0 Å². The molecule has 1 aromatic heterocycles. The van der Waals surface area contributed by atoms with Gasteiger partial charge in [0.15, 0.2) is 0 Å². The van der Waals surface area contributed by atoms with Crippen LogP contribution in [0.25, 0.3) is 0 Å². The van der Waals surface area contributed by atoms with Gasteiger partial charge in [-0.25, -0.2) is 0 Å². The Balaban J connectivity index is 3.11. The van der Waals surface area contributed by atoms with Gasteiger partial charge in [0, 0.05) is 25.2 Å². The van der Waals surface area contributed by atoms with Crippen molar-refractivity contribution in [1.82, 2.24) is 9.97 Å². The second kappa shape index (κ2) is 7.92. The Labute approximate surface area is 123 Å². The maximum absolute atomic E-state index is 5.85. The van der Waals surface area contributed by atoms with Gasteiger partial charge in [-0.3, -0.25) is 0 Å². The highest BCUT2D eigenvalue weighted by Gasteiger charge is 2.19. The fourth-order valence-corrected chi connectivity index (χ4v) is 2.42. The second-order valence-corrected chi connectivity index (χ2v) is 5.52. The van der Waals surface area contributed by atoms with Gasteiger partial charge in [0.2, 0.25) is 5.95 Å². The summed E-state index contributed by atoms with van der Waals surface area (Å²) in [7, 11) is 0. The molecule has 0 amide bonds. The number of nitrogen functional groups attached to an aromatic ring is 1.